The van der Waals surface area contributed by atoms with Crippen molar-refractivity contribution in [1.29, 1.82) is 0 Å². The van der Waals surface area contributed by atoms with Crippen LogP contribution in [0, 0.1) is 6.92 Å². The molecule has 1 aromatic carbocycles. The van der Waals surface area contributed by atoms with Crippen LogP contribution < -0.4 is 14.8 Å². The largest absolute Gasteiger partial charge is 0.496 e. The molecule has 18 heavy (non-hydrogen) atoms. The molecule has 0 aliphatic rings. The van der Waals surface area contributed by atoms with Gasteiger partial charge in [0.25, 0.3) is 0 Å². The molecule has 2 N–H and O–H groups in total. The van der Waals surface area contributed by atoms with Crippen molar-refractivity contribution in [2.75, 3.05) is 26.1 Å². The standard InChI is InChI=1S/C13H19NO4/c1-9-11(17-2)7-6-10(13(9)18-3)14-8-4-5-12(15)16/h6-7,14H,4-5,8H2,1-3H3,(H,15,16). The summed E-state index contributed by atoms with van der Waals surface area (Å²) in [6.07, 6.45) is 0.730. The van der Waals surface area contributed by atoms with Crippen LogP contribution in [0.3, 0.4) is 0 Å². The maximum absolute atomic E-state index is 10.4. The third kappa shape index (κ3) is 3.55. The molecule has 1 aromatic rings. The lowest BCUT2D eigenvalue weighted by Gasteiger charge is -2.15. The molecule has 0 heterocycles. The minimum Gasteiger partial charge on any atom is -0.496 e. The van der Waals surface area contributed by atoms with Crippen LogP contribution in [0.15, 0.2) is 12.1 Å². The van der Waals surface area contributed by atoms with Crippen LogP contribution in [-0.2, 0) is 4.79 Å². The number of hydrogen-bond acceptors (Lipinski definition) is 4. The zero-order valence-corrected chi connectivity index (χ0v) is 10.9. The van der Waals surface area contributed by atoms with Gasteiger partial charge in [0.05, 0.1) is 19.9 Å². The molecule has 0 aromatic heterocycles. The molecule has 0 aliphatic carbocycles. The Labute approximate surface area is 107 Å². The van der Waals surface area contributed by atoms with Gasteiger partial charge in [-0.3, -0.25) is 4.79 Å². The van der Waals surface area contributed by atoms with Crippen LogP contribution in [0.1, 0.15) is 18.4 Å². The summed E-state index contributed by atoms with van der Waals surface area (Å²) in [7, 11) is 3.21. The molecule has 100 valence electrons. The number of ether oxygens (including phenoxy) is 2. The van der Waals surface area contributed by atoms with Crippen molar-refractivity contribution in [3.05, 3.63) is 17.7 Å². The predicted molar refractivity (Wildman–Crippen MR) is 69.6 cm³/mol. The molecule has 0 saturated heterocycles. The summed E-state index contributed by atoms with van der Waals surface area (Å²) >= 11 is 0. The fraction of sp³-hybridized carbons (Fsp3) is 0.462. The Morgan fingerprint density at radius 1 is 1.33 bits per heavy atom. The first kappa shape index (κ1) is 14.2. The Bertz CT molecular complexity index is 418. The van der Waals surface area contributed by atoms with Crippen LogP contribution in [0.2, 0.25) is 0 Å². The average Bonchev–Trinajstić information content (AvgIpc) is 2.34. The van der Waals surface area contributed by atoms with E-state index >= 15 is 0 Å². The highest BCUT2D eigenvalue weighted by molar-refractivity contribution is 5.67. The highest BCUT2D eigenvalue weighted by atomic mass is 16.5. The highest BCUT2D eigenvalue weighted by Gasteiger charge is 2.10. The third-order valence-electron chi connectivity index (χ3n) is 2.66. The molecule has 0 fully saturated rings. The van der Waals surface area contributed by atoms with E-state index in [-0.39, 0.29) is 6.42 Å². The quantitative estimate of drug-likeness (QED) is 0.730. The van der Waals surface area contributed by atoms with E-state index in [9.17, 15) is 4.79 Å². The number of carboxylic acid groups (broad SMARTS) is 1. The van der Waals surface area contributed by atoms with Crippen LogP contribution in [-0.4, -0.2) is 31.8 Å². The molecule has 5 heteroatoms. The van der Waals surface area contributed by atoms with Crippen LogP contribution in [0.5, 0.6) is 11.5 Å². The SMILES string of the molecule is COc1ccc(NCCCC(=O)O)c(OC)c1C. The fourth-order valence-electron chi connectivity index (χ4n) is 1.76. The molecule has 0 saturated carbocycles. The molecule has 1 rings (SSSR count). The van der Waals surface area contributed by atoms with Crippen LogP contribution in [0.25, 0.3) is 0 Å². The number of methoxy groups -OCH3 is 2. The normalized spacial score (nSPS) is 9.94. The van der Waals surface area contributed by atoms with Gasteiger partial charge in [-0.15, -0.1) is 0 Å². The molecule has 0 atom stereocenters. The van der Waals surface area contributed by atoms with Gasteiger partial charge in [0.15, 0.2) is 0 Å². The molecular formula is C13H19NO4. The number of aliphatic carboxylic acids is 1. The number of carboxylic acids is 1. The molecule has 0 radical (unpaired) electrons. The first-order valence-corrected chi connectivity index (χ1v) is 5.77. The number of carbonyl (C=O) groups is 1. The van der Waals surface area contributed by atoms with Crippen molar-refractivity contribution in [2.45, 2.75) is 19.8 Å². The van der Waals surface area contributed by atoms with Crippen LogP contribution in [0.4, 0.5) is 5.69 Å². The van der Waals surface area contributed by atoms with Gasteiger partial charge >= 0.3 is 5.97 Å². The monoisotopic (exact) mass is 253 g/mol. The Morgan fingerprint density at radius 2 is 2.06 bits per heavy atom. The van der Waals surface area contributed by atoms with E-state index < -0.39 is 5.97 Å². The van der Waals surface area contributed by atoms with Gasteiger partial charge in [-0.25, -0.2) is 0 Å². The Hall–Kier alpha value is -1.91. The summed E-state index contributed by atoms with van der Waals surface area (Å²) in [5.74, 6) is 0.710. The lowest BCUT2D eigenvalue weighted by atomic mass is 10.1. The number of benzene rings is 1. The molecule has 5 nitrogen and oxygen atoms in total. The van der Waals surface area contributed by atoms with Gasteiger partial charge in [-0.05, 0) is 25.5 Å². The maximum Gasteiger partial charge on any atom is 0.303 e. The molecular weight excluding hydrogens is 234 g/mol. The second kappa shape index (κ2) is 6.74. The lowest BCUT2D eigenvalue weighted by Crippen LogP contribution is -2.06. The first-order chi connectivity index (χ1) is 8.60. The van der Waals surface area contributed by atoms with E-state index in [0.29, 0.717) is 13.0 Å². The first-order valence-electron chi connectivity index (χ1n) is 5.77. The lowest BCUT2D eigenvalue weighted by molar-refractivity contribution is -0.137. The summed E-state index contributed by atoms with van der Waals surface area (Å²) in [4.78, 5) is 10.4. The molecule has 0 spiro atoms. The molecule has 0 amide bonds. The maximum atomic E-state index is 10.4. The summed E-state index contributed by atoms with van der Waals surface area (Å²) in [5.41, 5.74) is 1.77. The Kier molecular flexibility index (Phi) is 5.30. The Morgan fingerprint density at radius 3 is 2.61 bits per heavy atom. The fourth-order valence-corrected chi connectivity index (χ4v) is 1.76. The van der Waals surface area contributed by atoms with Gasteiger partial charge in [0.1, 0.15) is 11.5 Å². The molecule has 0 aliphatic heterocycles. The summed E-state index contributed by atoms with van der Waals surface area (Å²) < 4.78 is 10.6. The van der Waals surface area contributed by atoms with Crippen molar-refractivity contribution in [2.24, 2.45) is 0 Å². The highest BCUT2D eigenvalue weighted by Crippen LogP contribution is 2.34. The van der Waals surface area contributed by atoms with Gasteiger partial charge in [-0.1, -0.05) is 0 Å². The molecule has 0 bridgehead atoms. The number of rotatable bonds is 7. The van der Waals surface area contributed by atoms with E-state index in [2.05, 4.69) is 5.32 Å². The Balaban J connectivity index is 2.71. The smallest absolute Gasteiger partial charge is 0.303 e. The van der Waals surface area contributed by atoms with E-state index in [4.69, 9.17) is 14.6 Å². The minimum atomic E-state index is -0.783. The summed E-state index contributed by atoms with van der Waals surface area (Å²) in [5, 5.41) is 11.7. The van der Waals surface area contributed by atoms with Crippen molar-refractivity contribution in [3.8, 4) is 11.5 Å². The molecule has 0 unspecified atom stereocenters. The topological polar surface area (TPSA) is 67.8 Å². The van der Waals surface area contributed by atoms with E-state index in [1.165, 1.54) is 0 Å². The summed E-state index contributed by atoms with van der Waals surface area (Å²) in [6, 6.07) is 3.73. The van der Waals surface area contributed by atoms with E-state index in [1.807, 2.05) is 19.1 Å². The second-order valence-corrected chi connectivity index (χ2v) is 3.90. The van der Waals surface area contributed by atoms with Gasteiger partial charge < -0.3 is 19.9 Å². The van der Waals surface area contributed by atoms with E-state index in [1.54, 1.807) is 14.2 Å². The number of nitrogens with one attached hydrogen (secondary N) is 1. The minimum absolute atomic E-state index is 0.157. The van der Waals surface area contributed by atoms with Gasteiger partial charge in [-0.2, -0.15) is 0 Å². The van der Waals surface area contributed by atoms with Crippen molar-refractivity contribution < 1.29 is 19.4 Å². The van der Waals surface area contributed by atoms with Gasteiger partial charge in [0, 0.05) is 18.5 Å². The third-order valence-corrected chi connectivity index (χ3v) is 2.66. The van der Waals surface area contributed by atoms with Crippen molar-refractivity contribution in [1.82, 2.24) is 0 Å². The van der Waals surface area contributed by atoms with Crippen molar-refractivity contribution >= 4 is 11.7 Å². The van der Waals surface area contributed by atoms with E-state index in [0.717, 1.165) is 22.7 Å². The number of hydrogen-bond donors (Lipinski definition) is 2. The van der Waals surface area contributed by atoms with Gasteiger partial charge in [0.2, 0.25) is 0 Å². The summed E-state index contributed by atoms with van der Waals surface area (Å²) in [6.45, 7) is 2.51. The predicted octanol–water partition coefficient (Wildman–Crippen LogP) is 2.29. The second-order valence-electron chi connectivity index (χ2n) is 3.90. The van der Waals surface area contributed by atoms with Crippen molar-refractivity contribution in [3.63, 3.8) is 0 Å². The number of anilines is 1. The van der Waals surface area contributed by atoms with Crippen LogP contribution >= 0.6 is 0 Å². The zero-order valence-electron chi connectivity index (χ0n) is 10.9. The zero-order chi connectivity index (χ0) is 13.5. The average molecular weight is 253 g/mol.